The third-order valence-corrected chi connectivity index (χ3v) is 5.37. The van der Waals surface area contributed by atoms with E-state index in [4.69, 9.17) is 4.74 Å². The van der Waals surface area contributed by atoms with E-state index in [1.54, 1.807) is 0 Å². The second kappa shape index (κ2) is 5.74. The maximum atomic E-state index is 12.5. The summed E-state index contributed by atoms with van der Waals surface area (Å²) in [7, 11) is 0. The molecule has 0 radical (unpaired) electrons. The average molecular weight is 279 g/mol. The lowest BCUT2D eigenvalue weighted by Crippen LogP contribution is -2.41. The molecule has 0 bridgehead atoms. The van der Waals surface area contributed by atoms with Gasteiger partial charge in [0.15, 0.2) is 0 Å². The molecule has 4 heteroatoms. The van der Waals surface area contributed by atoms with E-state index in [-0.39, 0.29) is 11.9 Å². The Bertz CT molecular complexity index is 375. The number of carbonyl (C=O) groups is 2. The van der Waals surface area contributed by atoms with Crippen LogP contribution in [0.25, 0.3) is 0 Å². The highest BCUT2D eigenvalue weighted by molar-refractivity contribution is 5.83. The Morgan fingerprint density at radius 2 is 1.65 bits per heavy atom. The van der Waals surface area contributed by atoms with Gasteiger partial charge in [0, 0.05) is 19.0 Å². The zero-order chi connectivity index (χ0) is 14.1. The summed E-state index contributed by atoms with van der Waals surface area (Å²) in [6.45, 7) is 3.76. The van der Waals surface area contributed by atoms with E-state index < -0.39 is 0 Å². The Morgan fingerprint density at radius 3 is 2.20 bits per heavy atom. The van der Waals surface area contributed by atoms with E-state index in [1.165, 1.54) is 25.7 Å². The van der Waals surface area contributed by atoms with Gasteiger partial charge in [0.05, 0.1) is 12.5 Å². The summed E-state index contributed by atoms with van der Waals surface area (Å²) in [4.78, 5) is 26.2. The molecular weight excluding hydrogens is 254 g/mol. The zero-order valence-corrected chi connectivity index (χ0v) is 12.3. The quantitative estimate of drug-likeness (QED) is 0.744. The normalized spacial score (nSPS) is 33.5. The lowest BCUT2D eigenvalue weighted by molar-refractivity contribution is -0.151. The molecule has 3 aliphatic rings. The van der Waals surface area contributed by atoms with Gasteiger partial charge in [-0.2, -0.15) is 0 Å². The smallest absolute Gasteiger partial charge is 0.309 e. The Hall–Kier alpha value is -1.06. The molecule has 0 aromatic heterocycles. The summed E-state index contributed by atoms with van der Waals surface area (Å²) >= 11 is 0. The van der Waals surface area contributed by atoms with Gasteiger partial charge in [-0.3, -0.25) is 9.59 Å². The van der Waals surface area contributed by atoms with Crippen LogP contribution < -0.4 is 0 Å². The minimum absolute atomic E-state index is 0.000445. The number of hydrogen-bond acceptors (Lipinski definition) is 3. The SMILES string of the molecule is CCOC(=O)C1CCN(C(=O)C2C3CCCCC32)CC1. The van der Waals surface area contributed by atoms with Crippen LogP contribution in [0.15, 0.2) is 0 Å². The number of amides is 1. The number of rotatable bonds is 3. The lowest BCUT2D eigenvalue weighted by Gasteiger charge is -2.31. The molecule has 112 valence electrons. The molecule has 0 aromatic rings. The molecule has 2 atom stereocenters. The van der Waals surface area contributed by atoms with Gasteiger partial charge in [0.25, 0.3) is 0 Å². The number of nitrogens with zero attached hydrogens (tertiary/aromatic N) is 1. The van der Waals surface area contributed by atoms with Gasteiger partial charge >= 0.3 is 5.97 Å². The fourth-order valence-corrected chi connectivity index (χ4v) is 4.17. The van der Waals surface area contributed by atoms with Crippen LogP contribution >= 0.6 is 0 Å². The molecule has 4 nitrogen and oxygen atoms in total. The maximum Gasteiger partial charge on any atom is 0.309 e. The van der Waals surface area contributed by atoms with Gasteiger partial charge in [-0.1, -0.05) is 12.8 Å². The van der Waals surface area contributed by atoms with Gasteiger partial charge in [-0.25, -0.2) is 0 Å². The first-order valence-corrected chi connectivity index (χ1v) is 8.17. The number of esters is 1. The number of hydrogen-bond donors (Lipinski definition) is 0. The van der Waals surface area contributed by atoms with Gasteiger partial charge < -0.3 is 9.64 Å². The molecule has 20 heavy (non-hydrogen) atoms. The molecule has 1 aliphatic heterocycles. The van der Waals surface area contributed by atoms with Crippen molar-refractivity contribution in [3.63, 3.8) is 0 Å². The monoisotopic (exact) mass is 279 g/mol. The number of ether oxygens (including phenoxy) is 1. The first-order chi connectivity index (χ1) is 9.72. The highest BCUT2D eigenvalue weighted by Crippen LogP contribution is 2.56. The van der Waals surface area contributed by atoms with E-state index in [0.717, 1.165) is 25.9 Å². The van der Waals surface area contributed by atoms with Crippen LogP contribution in [-0.2, 0) is 14.3 Å². The molecule has 2 saturated carbocycles. The molecule has 1 saturated heterocycles. The first-order valence-electron chi connectivity index (χ1n) is 8.17. The summed E-state index contributed by atoms with van der Waals surface area (Å²) in [5, 5.41) is 0. The number of likely N-dealkylation sites (tertiary alicyclic amines) is 1. The minimum Gasteiger partial charge on any atom is -0.466 e. The van der Waals surface area contributed by atoms with Gasteiger partial charge in [0.2, 0.25) is 5.91 Å². The highest BCUT2D eigenvalue weighted by Gasteiger charge is 2.55. The lowest BCUT2D eigenvalue weighted by atomic mass is 9.96. The fraction of sp³-hybridized carbons (Fsp3) is 0.875. The van der Waals surface area contributed by atoms with E-state index in [2.05, 4.69) is 0 Å². The van der Waals surface area contributed by atoms with Crippen molar-refractivity contribution >= 4 is 11.9 Å². The van der Waals surface area contributed by atoms with Gasteiger partial charge in [-0.15, -0.1) is 0 Å². The van der Waals surface area contributed by atoms with Crippen LogP contribution in [0.4, 0.5) is 0 Å². The first kappa shape index (κ1) is 13.9. The second-order valence-corrected chi connectivity index (χ2v) is 6.49. The van der Waals surface area contributed by atoms with Crippen molar-refractivity contribution in [1.82, 2.24) is 4.90 Å². The topological polar surface area (TPSA) is 46.6 Å². The predicted molar refractivity (Wildman–Crippen MR) is 74.9 cm³/mol. The molecule has 0 spiro atoms. The van der Waals surface area contributed by atoms with E-state index in [0.29, 0.717) is 30.3 Å². The number of piperidine rings is 1. The molecule has 3 rings (SSSR count). The van der Waals surface area contributed by atoms with Crippen LogP contribution in [0.2, 0.25) is 0 Å². The van der Waals surface area contributed by atoms with Crippen LogP contribution in [-0.4, -0.2) is 36.5 Å². The van der Waals surface area contributed by atoms with Crippen molar-refractivity contribution in [2.75, 3.05) is 19.7 Å². The molecule has 1 heterocycles. The summed E-state index contributed by atoms with van der Waals surface area (Å²) in [5.74, 6) is 1.96. The molecular formula is C16H25NO3. The van der Waals surface area contributed by atoms with E-state index in [9.17, 15) is 9.59 Å². The second-order valence-electron chi connectivity index (χ2n) is 6.49. The molecule has 3 fully saturated rings. The molecule has 2 unspecified atom stereocenters. The van der Waals surface area contributed by atoms with Crippen molar-refractivity contribution in [3.8, 4) is 0 Å². The highest BCUT2D eigenvalue weighted by atomic mass is 16.5. The van der Waals surface area contributed by atoms with Crippen molar-refractivity contribution in [3.05, 3.63) is 0 Å². The Kier molecular flexibility index (Phi) is 3.99. The fourth-order valence-electron chi connectivity index (χ4n) is 4.17. The Morgan fingerprint density at radius 1 is 1.05 bits per heavy atom. The van der Waals surface area contributed by atoms with E-state index >= 15 is 0 Å². The van der Waals surface area contributed by atoms with Crippen LogP contribution in [0, 0.1) is 23.7 Å². The largest absolute Gasteiger partial charge is 0.466 e. The Balaban J connectivity index is 1.49. The average Bonchev–Trinajstić information content (AvgIpc) is 3.21. The van der Waals surface area contributed by atoms with Crippen molar-refractivity contribution in [2.45, 2.75) is 45.4 Å². The van der Waals surface area contributed by atoms with Crippen molar-refractivity contribution < 1.29 is 14.3 Å². The maximum absolute atomic E-state index is 12.5. The summed E-state index contributed by atoms with van der Waals surface area (Å²) in [5.41, 5.74) is 0. The molecule has 1 amide bonds. The summed E-state index contributed by atoms with van der Waals surface area (Å²) < 4.78 is 5.07. The predicted octanol–water partition coefficient (Wildman–Crippen LogP) is 2.22. The van der Waals surface area contributed by atoms with Crippen LogP contribution in [0.3, 0.4) is 0 Å². The van der Waals surface area contributed by atoms with Crippen LogP contribution in [0.1, 0.15) is 45.4 Å². The third-order valence-electron chi connectivity index (χ3n) is 5.37. The molecule has 0 N–H and O–H groups in total. The number of fused-ring (bicyclic) bond motifs is 1. The molecule has 0 aromatic carbocycles. The molecule has 2 aliphatic carbocycles. The standard InChI is InChI=1S/C16H25NO3/c1-2-20-16(19)11-7-9-17(10-8-11)15(18)14-12-5-3-4-6-13(12)14/h11-14H,2-10H2,1H3. The van der Waals surface area contributed by atoms with Crippen molar-refractivity contribution in [1.29, 1.82) is 0 Å². The Labute approximate surface area is 120 Å². The van der Waals surface area contributed by atoms with Gasteiger partial charge in [0.1, 0.15) is 0 Å². The number of carbonyl (C=O) groups excluding carboxylic acids is 2. The van der Waals surface area contributed by atoms with Crippen molar-refractivity contribution in [2.24, 2.45) is 23.7 Å². The summed E-state index contributed by atoms with van der Waals surface area (Å²) in [6, 6.07) is 0. The summed E-state index contributed by atoms with van der Waals surface area (Å²) in [6.07, 6.45) is 6.64. The van der Waals surface area contributed by atoms with Gasteiger partial charge in [-0.05, 0) is 44.4 Å². The zero-order valence-electron chi connectivity index (χ0n) is 12.3. The van der Waals surface area contributed by atoms with E-state index in [1.807, 2.05) is 11.8 Å². The van der Waals surface area contributed by atoms with Crippen LogP contribution in [0.5, 0.6) is 0 Å². The third kappa shape index (κ3) is 2.57. The minimum atomic E-state index is -0.0836.